The van der Waals surface area contributed by atoms with Crippen LogP contribution in [0.1, 0.15) is 53.1 Å². The quantitative estimate of drug-likeness (QED) is 0.485. The van der Waals surface area contributed by atoms with Gasteiger partial charge in [0.2, 0.25) is 5.91 Å². The molecule has 2 rings (SSSR count). The second-order valence-corrected chi connectivity index (χ2v) is 11.0. The molecule has 3 amide bonds. The molecule has 12 heteroatoms. The summed E-state index contributed by atoms with van der Waals surface area (Å²) in [4.78, 5) is 41.4. The van der Waals surface area contributed by atoms with E-state index in [4.69, 9.17) is 18.5 Å². The molecule has 0 saturated carbocycles. The topological polar surface area (TPSA) is 124 Å². The number of hydrogen-bond donors (Lipinski definition) is 1. The average Bonchev–Trinajstić information content (AvgIpc) is 2.82. The van der Waals surface area contributed by atoms with Crippen LogP contribution in [0.3, 0.4) is 0 Å². The Morgan fingerprint density at radius 2 is 1.56 bits per heavy atom. The van der Waals surface area contributed by atoms with Crippen molar-refractivity contribution < 1.29 is 37.5 Å². The van der Waals surface area contributed by atoms with E-state index in [0.717, 1.165) is 0 Å². The third kappa shape index (κ3) is 8.21. The van der Waals surface area contributed by atoms with Crippen LogP contribution >= 0.6 is 7.60 Å². The monoisotopic (exact) mass is 527 g/mol. The number of hydrogen-bond acceptors (Lipinski definition) is 8. The van der Waals surface area contributed by atoms with Gasteiger partial charge >= 0.3 is 19.8 Å². The lowest BCUT2D eigenvalue weighted by Crippen LogP contribution is -2.53. The van der Waals surface area contributed by atoms with Crippen LogP contribution < -0.4 is 10.6 Å². The average molecular weight is 528 g/mol. The van der Waals surface area contributed by atoms with Gasteiger partial charge in [-0.25, -0.2) is 9.59 Å². The maximum Gasteiger partial charge on any atom is 0.409 e. The Labute approximate surface area is 212 Å². The normalized spacial score (nSPS) is 15.3. The van der Waals surface area contributed by atoms with E-state index < -0.39 is 31.4 Å². The van der Waals surface area contributed by atoms with Crippen molar-refractivity contribution in [3.8, 4) is 0 Å². The van der Waals surface area contributed by atoms with Gasteiger partial charge in [-0.3, -0.25) is 9.36 Å². The third-order valence-corrected chi connectivity index (χ3v) is 7.25. The van der Waals surface area contributed by atoms with Gasteiger partial charge in [-0.2, -0.15) is 0 Å². The highest BCUT2D eigenvalue weighted by molar-refractivity contribution is 7.62. The standard InChI is InChI=1S/C24H38N3O8P/c1-7-32-23(30)27-15-13-26(14-16-27)21(28)20(25-22(29)35-24(4,5)6)18-11-10-12-19(17-18)36(31,33-8-2)34-9-3/h10-12,17,20H,7-9,13-16H2,1-6H3,(H,25,29). The molecule has 1 unspecified atom stereocenters. The van der Waals surface area contributed by atoms with Gasteiger partial charge in [-0.1, -0.05) is 12.1 Å². The number of carbonyl (C=O) groups excluding carboxylic acids is 3. The SMILES string of the molecule is CCOC(=O)N1CCN(C(=O)C(NC(=O)OC(C)(C)C)c2cccc(P(=O)(OCC)OCC)c2)CC1. The van der Waals surface area contributed by atoms with E-state index in [1.807, 2.05) is 0 Å². The van der Waals surface area contributed by atoms with Gasteiger partial charge in [0.15, 0.2) is 0 Å². The van der Waals surface area contributed by atoms with Gasteiger partial charge in [0.05, 0.1) is 25.1 Å². The molecule has 0 aliphatic carbocycles. The number of amides is 3. The van der Waals surface area contributed by atoms with Crippen molar-refractivity contribution in [2.45, 2.75) is 53.2 Å². The van der Waals surface area contributed by atoms with Crippen molar-refractivity contribution in [1.82, 2.24) is 15.1 Å². The highest BCUT2D eigenvalue weighted by Crippen LogP contribution is 2.47. The number of benzene rings is 1. The molecule has 11 nitrogen and oxygen atoms in total. The summed E-state index contributed by atoms with van der Waals surface area (Å²) in [5.41, 5.74) is -0.374. The molecule has 1 aromatic rings. The maximum absolute atomic E-state index is 13.6. The zero-order chi connectivity index (χ0) is 26.9. The van der Waals surface area contributed by atoms with Crippen LogP contribution in [-0.2, 0) is 27.9 Å². The Morgan fingerprint density at radius 3 is 2.08 bits per heavy atom. The molecule has 0 spiro atoms. The number of ether oxygens (including phenoxy) is 2. The molecule has 1 aliphatic heterocycles. The fraction of sp³-hybridized carbons (Fsp3) is 0.625. The van der Waals surface area contributed by atoms with Crippen molar-refractivity contribution >= 4 is 31.0 Å². The molecule has 1 N–H and O–H groups in total. The summed E-state index contributed by atoms with van der Waals surface area (Å²) in [7, 11) is -3.62. The Bertz CT molecular complexity index is 947. The molecule has 0 bridgehead atoms. The van der Waals surface area contributed by atoms with Gasteiger partial charge in [0.25, 0.3) is 0 Å². The lowest BCUT2D eigenvalue weighted by molar-refractivity contribution is -0.135. The van der Waals surface area contributed by atoms with E-state index >= 15 is 0 Å². The first kappa shape index (κ1) is 29.6. The van der Waals surface area contributed by atoms with E-state index in [1.54, 1.807) is 70.7 Å². The number of carbonyl (C=O) groups is 3. The minimum Gasteiger partial charge on any atom is -0.450 e. The zero-order valence-corrected chi connectivity index (χ0v) is 22.8. The fourth-order valence-electron chi connectivity index (χ4n) is 3.62. The van der Waals surface area contributed by atoms with Crippen LogP contribution in [-0.4, -0.2) is 79.5 Å². The maximum atomic E-state index is 13.6. The molecular weight excluding hydrogens is 489 g/mol. The van der Waals surface area contributed by atoms with Crippen LogP contribution in [0, 0.1) is 0 Å². The van der Waals surface area contributed by atoms with Gasteiger partial charge in [0, 0.05) is 26.2 Å². The Morgan fingerprint density at radius 1 is 0.972 bits per heavy atom. The molecule has 1 aromatic carbocycles. The van der Waals surface area contributed by atoms with Crippen LogP contribution in [0.15, 0.2) is 24.3 Å². The first-order chi connectivity index (χ1) is 16.9. The highest BCUT2D eigenvalue weighted by Gasteiger charge is 2.34. The van der Waals surface area contributed by atoms with Gasteiger partial charge in [-0.15, -0.1) is 0 Å². The molecular formula is C24H38N3O8P. The number of piperazine rings is 1. The van der Waals surface area contributed by atoms with E-state index in [9.17, 15) is 18.9 Å². The lowest BCUT2D eigenvalue weighted by Gasteiger charge is -2.36. The summed E-state index contributed by atoms with van der Waals surface area (Å²) in [5, 5.41) is 2.93. The zero-order valence-electron chi connectivity index (χ0n) is 21.9. The van der Waals surface area contributed by atoms with E-state index in [2.05, 4.69) is 5.32 Å². The van der Waals surface area contributed by atoms with Crippen molar-refractivity contribution in [3.05, 3.63) is 29.8 Å². The molecule has 0 radical (unpaired) electrons. The Hall–Kier alpha value is -2.62. The van der Waals surface area contributed by atoms with E-state index in [-0.39, 0.29) is 44.1 Å². The Balaban J connectivity index is 2.34. The molecule has 0 aromatic heterocycles. The number of nitrogens with one attached hydrogen (secondary N) is 1. The van der Waals surface area contributed by atoms with Crippen LogP contribution in [0.4, 0.5) is 9.59 Å². The minimum absolute atomic E-state index is 0.171. The number of alkyl carbamates (subject to hydrolysis) is 1. The van der Waals surface area contributed by atoms with Gasteiger partial charge in [0.1, 0.15) is 11.6 Å². The van der Waals surface area contributed by atoms with Crippen molar-refractivity contribution in [2.24, 2.45) is 0 Å². The molecule has 1 aliphatic rings. The van der Waals surface area contributed by atoms with Crippen LogP contribution in [0.25, 0.3) is 0 Å². The summed E-state index contributed by atoms with van der Waals surface area (Å²) >= 11 is 0. The lowest BCUT2D eigenvalue weighted by atomic mass is 10.1. The second kappa shape index (κ2) is 13.1. The summed E-state index contributed by atoms with van der Waals surface area (Å²) in [6, 6.07) is 5.31. The smallest absolute Gasteiger partial charge is 0.409 e. The molecule has 1 heterocycles. The van der Waals surface area contributed by atoms with Crippen LogP contribution in [0.5, 0.6) is 0 Å². The van der Waals surface area contributed by atoms with Gasteiger partial charge in [-0.05, 0) is 59.2 Å². The first-order valence-corrected chi connectivity index (χ1v) is 13.7. The molecule has 1 fully saturated rings. The van der Waals surface area contributed by atoms with E-state index in [0.29, 0.717) is 18.7 Å². The largest absolute Gasteiger partial charge is 0.450 e. The Kier molecular flexibility index (Phi) is 10.8. The predicted octanol–water partition coefficient (Wildman–Crippen LogP) is 3.44. The fourth-order valence-corrected chi connectivity index (χ4v) is 5.25. The molecule has 1 saturated heterocycles. The van der Waals surface area contributed by atoms with Crippen molar-refractivity contribution in [1.29, 1.82) is 0 Å². The summed E-state index contributed by atoms with van der Waals surface area (Å²) in [6.45, 7) is 12.1. The molecule has 1 atom stereocenters. The summed E-state index contributed by atoms with van der Waals surface area (Å²) in [5.74, 6) is -0.385. The minimum atomic E-state index is -3.62. The van der Waals surface area contributed by atoms with E-state index in [1.165, 1.54) is 4.90 Å². The first-order valence-electron chi connectivity index (χ1n) is 12.1. The van der Waals surface area contributed by atoms with Crippen molar-refractivity contribution in [2.75, 3.05) is 46.0 Å². The summed E-state index contributed by atoms with van der Waals surface area (Å²) < 4.78 is 34.6. The van der Waals surface area contributed by atoms with Crippen LogP contribution in [0.2, 0.25) is 0 Å². The number of rotatable bonds is 9. The third-order valence-electron chi connectivity index (χ3n) is 5.14. The summed E-state index contributed by atoms with van der Waals surface area (Å²) in [6.07, 6.45) is -1.20. The second-order valence-electron chi connectivity index (χ2n) is 9.02. The molecule has 202 valence electrons. The van der Waals surface area contributed by atoms with Gasteiger partial charge < -0.3 is 33.6 Å². The highest BCUT2D eigenvalue weighted by atomic mass is 31.2. The predicted molar refractivity (Wildman–Crippen MR) is 134 cm³/mol. The number of nitrogens with zero attached hydrogens (tertiary/aromatic N) is 2. The molecule has 36 heavy (non-hydrogen) atoms. The van der Waals surface area contributed by atoms with Crippen molar-refractivity contribution in [3.63, 3.8) is 0 Å².